The number of aromatic nitrogens is 2. The number of amides is 1. The number of benzene rings is 2. The van der Waals surface area contributed by atoms with Crippen LogP contribution in [0.5, 0.6) is 0 Å². The maximum atomic E-state index is 13.4. The van der Waals surface area contributed by atoms with Crippen LogP contribution in [0.15, 0.2) is 52.1 Å². The highest BCUT2D eigenvalue weighted by molar-refractivity contribution is 5.81. The minimum Gasteiger partial charge on any atom is -0.371 e. The van der Waals surface area contributed by atoms with Crippen LogP contribution in [0, 0.1) is 17.6 Å². The van der Waals surface area contributed by atoms with Gasteiger partial charge in [-0.05, 0) is 36.6 Å². The molecule has 7 nitrogen and oxygen atoms in total. The lowest BCUT2D eigenvalue weighted by molar-refractivity contribution is -0.122. The highest BCUT2D eigenvalue weighted by Gasteiger charge is 2.24. The molecule has 156 valence electrons. The second kappa shape index (κ2) is 8.10. The zero-order valence-corrected chi connectivity index (χ0v) is 16.0. The maximum Gasteiger partial charge on any atom is 0.273 e. The van der Waals surface area contributed by atoms with Gasteiger partial charge in [-0.3, -0.25) is 19.5 Å². The summed E-state index contributed by atoms with van der Waals surface area (Å²) < 4.78 is 27.5. The van der Waals surface area contributed by atoms with Crippen LogP contribution < -0.4 is 21.3 Å². The van der Waals surface area contributed by atoms with E-state index < -0.39 is 28.7 Å². The Balaban J connectivity index is 1.36. The molecule has 0 saturated carbocycles. The third-order valence-corrected chi connectivity index (χ3v) is 5.33. The standard InChI is InChI=1S/C21H20F2N4O3/c22-17-6-5-14(9-18(17)23)26-8-7-13(11-26)10-24-19(28)12-27-21(30)16-4-2-1-3-15(16)20(29)25-27/h1-6,9,13H,7-8,10-12H2,(H,24,28)(H,25,29). The molecular weight excluding hydrogens is 394 g/mol. The van der Waals surface area contributed by atoms with Gasteiger partial charge in [0.05, 0.1) is 10.8 Å². The topological polar surface area (TPSA) is 87.2 Å². The van der Waals surface area contributed by atoms with Crippen molar-refractivity contribution in [1.82, 2.24) is 15.1 Å². The summed E-state index contributed by atoms with van der Waals surface area (Å²) in [6.45, 7) is 1.35. The minimum absolute atomic E-state index is 0.134. The van der Waals surface area contributed by atoms with Gasteiger partial charge in [0.2, 0.25) is 5.91 Å². The summed E-state index contributed by atoms with van der Waals surface area (Å²) >= 11 is 0. The second-order valence-corrected chi connectivity index (χ2v) is 7.38. The predicted octanol–water partition coefficient (Wildman–Crippen LogP) is 1.61. The van der Waals surface area contributed by atoms with E-state index in [4.69, 9.17) is 0 Å². The van der Waals surface area contributed by atoms with Crippen LogP contribution in [-0.2, 0) is 11.3 Å². The molecule has 1 unspecified atom stereocenters. The van der Waals surface area contributed by atoms with Crippen LogP contribution >= 0.6 is 0 Å². The number of aromatic amines is 1. The van der Waals surface area contributed by atoms with Gasteiger partial charge in [0.25, 0.3) is 11.1 Å². The van der Waals surface area contributed by atoms with Gasteiger partial charge in [-0.2, -0.15) is 0 Å². The Morgan fingerprint density at radius 1 is 1.10 bits per heavy atom. The van der Waals surface area contributed by atoms with E-state index in [2.05, 4.69) is 10.4 Å². The Hall–Kier alpha value is -3.49. The van der Waals surface area contributed by atoms with Gasteiger partial charge in [-0.15, -0.1) is 0 Å². The Bertz CT molecular complexity index is 1220. The average Bonchev–Trinajstić information content (AvgIpc) is 3.21. The van der Waals surface area contributed by atoms with E-state index in [0.29, 0.717) is 25.3 Å². The molecule has 1 aliphatic heterocycles. The molecule has 0 radical (unpaired) electrons. The highest BCUT2D eigenvalue weighted by Crippen LogP contribution is 2.24. The third-order valence-electron chi connectivity index (χ3n) is 5.33. The molecule has 1 aliphatic rings. The summed E-state index contributed by atoms with van der Waals surface area (Å²) in [6.07, 6.45) is 0.784. The average molecular weight is 414 g/mol. The number of rotatable bonds is 5. The van der Waals surface area contributed by atoms with Gasteiger partial charge >= 0.3 is 0 Å². The van der Waals surface area contributed by atoms with Crippen molar-refractivity contribution < 1.29 is 13.6 Å². The number of anilines is 1. The maximum absolute atomic E-state index is 13.4. The van der Waals surface area contributed by atoms with Crippen LogP contribution in [0.4, 0.5) is 14.5 Å². The van der Waals surface area contributed by atoms with Crippen molar-refractivity contribution >= 4 is 22.4 Å². The Morgan fingerprint density at radius 3 is 2.63 bits per heavy atom. The van der Waals surface area contributed by atoms with E-state index in [0.717, 1.165) is 17.2 Å². The number of hydrogen-bond donors (Lipinski definition) is 2. The zero-order valence-electron chi connectivity index (χ0n) is 16.0. The molecule has 3 aromatic rings. The summed E-state index contributed by atoms with van der Waals surface area (Å²) in [6, 6.07) is 10.2. The van der Waals surface area contributed by atoms with Crippen molar-refractivity contribution in [3.63, 3.8) is 0 Å². The van der Waals surface area contributed by atoms with E-state index in [-0.39, 0.29) is 23.2 Å². The first kappa shape index (κ1) is 19.8. The quantitative estimate of drug-likeness (QED) is 0.664. The fourth-order valence-electron chi connectivity index (χ4n) is 3.73. The van der Waals surface area contributed by atoms with Crippen molar-refractivity contribution in [2.75, 3.05) is 24.5 Å². The number of hydrogen-bond acceptors (Lipinski definition) is 4. The number of carbonyl (C=O) groups is 1. The number of fused-ring (bicyclic) bond motifs is 1. The van der Waals surface area contributed by atoms with E-state index in [9.17, 15) is 23.2 Å². The van der Waals surface area contributed by atoms with E-state index in [1.807, 2.05) is 4.90 Å². The molecule has 1 atom stereocenters. The first-order chi connectivity index (χ1) is 14.4. The van der Waals surface area contributed by atoms with Gasteiger partial charge in [-0.25, -0.2) is 13.5 Å². The second-order valence-electron chi connectivity index (χ2n) is 7.38. The summed E-state index contributed by atoms with van der Waals surface area (Å²) in [5.74, 6) is -2.04. The van der Waals surface area contributed by atoms with Crippen LogP contribution in [0.3, 0.4) is 0 Å². The molecule has 0 bridgehead atoms. The molecular formula is C21H20F2N4O3. The molecule has 1 fully saturated rings. The number of halogens is 2. The molecule has 2 N–H and O–H groups in total. The van der Waals surface area contributed by atoms with Gasteiger partial charge in [-0.1, -0.05) is 12.1 Å². The largest absolute Gasteiger partial charge is 0.371 e. The molecule has 30 heavy (non-hydrogen) atoms. The fraction of sp³-hybridized carbons (Fsp3) is 0.286. The molecule has 2 heterocycles. The van der Waals surface area contributed by atoms with Crippen molar-refractivity contribution in [2.45, 2.75) is 13.0 Å². The lowest BCUT2D eigenvalue weighted by Crippen LogP contribution is -2.38. The number of nitrogens with zero attached hydrogens (tertiary/aromatic N) is 2. The molecule has 1 amide bonds. The van der Waals surface area contributed by atoms with E-state index in [1.54, 1.807) is 24.3 Å². The monoisotopic (exact) mass is 414 g/mol. The SMILES string of the molecule is O=C(Cn1[nH]c(=O)c2ccccc2c1=O)NCC1CCN(c2ccc(F)c(F)c2)C1. The van der Waals surface area contributed by atoms with Crippen LogP contribution in [0.2, 0.25) is 0 Å². The lowest BCUT2D eigenvalue weighted by Gasteiger charge is -2.19. The third kappa shape index (κ3) is 3.96. The minimum atomic E-state index is -0.890. The van der Waals surface area contributed by atoms with Crippen molar-refractivity contribution in [3.8, 4) is 0 Å². The molecule has 2 aromatic carbocycles. The normalized spacial score (nSPS) is 16.2. The number of H-pyrrole nitrogens is 1. The van der Waals surface area contributed by atoms with Crippen LogP contribution in [0.1, 0.15) is 6.42 Å². The Labute approximate surface area is 169 Å². The van der Waals surface area contributed by atoms with Crippen molar-refractivity contribution in [2.24, 2.45) is 5.92 Å². The molecule has 1 aromatic heterocycles. The summed E-state index contributed by atoms with van der Waals surface area (Å²) in [4.78, 5) is 38.8. The van der Waals surface area contributed by atoms with Gasteiger partial charge in [0, 0.05) is 31.4 Å². The van der Waals surface area contributed by atoms with Crippen molar-refractivity contribution in [3.05, 3.63) is 74.8 Å². The van der Waals surface area contributed by atoms with Gasteiger partial charge in [0.15, 0.2) is 11.6 Å². The molecule has 4 rings (SSSR count). The van der Waals surface area contributed by atoms with E-state index in [1.165, 1.54) is 12.1 Å². The molecule has 9 heteroatoms. The predicted molar refractivity (Wildman–Crippen MR) is 109 cm³/mol. The summed E-state index contributed by atoms with van der Waals surface area (Å²) in [5.41, 5.74) is -0.273. The lowest BCUT2D eigenvalue weighted by atomic mass is 10.1. The highest BCUT2D eigenvalue weighted by atomic mass is 19.2. The first-order valence-electron chi connectivity index (χ1n) is 9.61. The molecule has 1 saturated heterocycles. The van der Waals surface area contributed by atoms with Crippen LogP contribution in [0.25, 0.3) is 10.8 Å². The number of nitrogens with one attached hydrogen (secondary N) is 2. The zero-order chi connectivity index (χ0) is 21.3. The molecule has 0 aliphatic carbocycles. The van der Waals surface area contributed by atoms with Gasteiger partial charge in [0.1, 0.15) is 6.54 Å². The van der Waals surface area contributed by atoms with Gasteiger partial charge < -0.3 is 10.2 Å². The fourth-order valence-corrected chi connectivity index (χ4v) is 3.73. The van der Waals surface area contributed by atoms with Crippen molar-refractivity contribution in [1.29, 1.82) is 0 Å². The first-order valence-corrected chi connectivity index (χ1v) is 9.61. The van der Waals surface area contributed by atoms with E-state index >= 15 is 0 Å². The smallest absolute Gasteiger partial charge is 0.273 e. The summed E-state index contributed by atoms with van der Waals surface area (Å²) in [7, 11) is 0. The Morgan fingerprint density at radius 2 is 1.87 bits per heavy atom. The Kier molecular flexibility index (Phi) is 5.35. The molecule has 0 spiro atoms. The summed E-state index contributed by atoms with van der Waals surface area (Å²) in [5, 5.41) is 5.74. The van der Waals surface area contributed by atoms with Crippen LogP contribution in [-0.4, -0.2) is 35.3 Å². The number of carbonyl (C=O) groups excluding carboxylic acids is 1.